The Kier molecular flexibility index (Phi) is 8.61. The summed E-state index contributed by atoms with van der Waals surface area (Å²) < 4.78 is 48.4. The summed E-state index contributed by atoms with van der Waals surface area (Å²) in [5, 5.41) is 17.4. The molecule has 0 amide bonds. The zero-order valence-corrected chi connectivity index (χ0v) is 22.5. The third-order valence-electron chi connectivity index (χ3n) is 7.62. The number of nitrogens with zero attached hydrogens (tertiary/aromatic N) is 4. The Hall–Kier alpha value is -2.86. The lowest BCUT2D eigenvalue weighted by atomic mass is 9.66. The molecule has 3 heterocycles. The highest BCUT2D eigenvalue weighted by molar-refractivity contribution is 7.82. The van der Waals surface area contributed by atoms with Crippen molar-refractivity contribution in [2.75, 3.05) is 50.9 Å². The number of aliphatic imine (C=N–C) groups is 1. The van der Waals surface area contributed by atoms with E-state index in [9.17, 15) is 18.1 Å². The smallest absolute Gasteiger partial charge is 0.129 e. The monoisotopic (exact) mass is 557 g/mol. The number of aliphatic hydroxyl groups excluding tert-OH is 1. The predicted octanol–water partition coefficient (Wildman–Crippen LogP) is 3.86. The largest absolute Gasteiger partial charge is 0.394 e. The highest BCUT2D eigenvalue weighted by Crippen LogP contribution is 2.45. The first kappa shape index (κ1) is 27.7. The van der Waals surface area contributed by atoms with Gasteiger partial charge in [-0.15, -0.1) is 0 Å². The molecule has 1 aromatic heterocycles. The van der Waals surface area contributed by atoms with E-state index in [0.717, 1.165) is 11.3 Å². The van der Waals surface area contributed by atoms with Crippen LogP contribution in [0.3, 0.4) is 0 Å². The number of nitrogens with one attached hydrogen (secondary N) is 1. The fourth-order valence-corrected chi connectivity index (χ4v) is 6.84. The number of pyridine rings is 1. The van der Waals surface area contributed by atoms with Crippen molar-refractivity contribution < 1.29 is 22.8 Å². The molecule has 5 rings (SSSR count). The van der Waals surface area contributed by atoms with Crippen LogP contribution in [0.5, 0.6) is 0 Å². The Balaban J connectivity index is 1.38. The van der Waals surface area contributed by atoms with Gasteiger partial charge in [0.05, 0.1) is 36.9 Å². The number of hydrogen-bond acceptors (Lipinski definition) is 7. The lowest BCUT2D eigenvalue weighted by Gasteiger charge is -2.47. The van der Waals surface area contributed by atoms with Crippen LogP contribution in [0.1, 0.15) is 19.3 Å². The summed E-state index contributed by atoms with van der Waals surface area (Å²) >= 11 is 0. The van der Waals surface area contributed by atoms with Gasteiger partial charge in [-0.25, -0.2) is 22.3 Å². The zero-order valence-electron chi connectivity index (χ0n) is 21.6. The number of allylic oxidation sites excluding steroid dienone is 1. The maximum Gasteiger partial charge on any atom is 0.129 e. The Labute approximate surface area is 229 Å². The second kappa shape index (κ2) is 12.1. The molecular formula is C28H33F2N5O3S. The van der Waals surface area contributed by atoms with E-state index < -0.39 is 22.6 Å². The molecule has 8 nitrogen and oxygen atoms in total. The molecule has 2 saturated heterocycles. The summed E-state index contributed by atoms with van der Waals surface area (Å²) in [6.07, 6.45) is 5.80. The van der Waals surface area contributed by atoms with Crippen LogP contribution in [0.15, 0.2) is 64.1 Å². The van der Waals surface area contributed by atoms with Crippen molar-refractivity contribution in [1.82, 2.24) is 9.29 Å². The zero-order chi connectivity index (χ0) is 27.4. The van der Waals surface area contributed by atoms with Gasteiger partial charge in [-0.2, -0.15) is 0 Å². The number of aliphatic hydroxyl groups is 1. The molecule has 0 saturated carbocycles. The van der Waals surface area contributed by atoms with Crippen LogP contribution in [0, 0.1) is 22.6 Å². The van der Waals surface area contributed by atoms with Crippen LogP contribution in [-0.2, 0) is 15.7 Å². The molecule has 2 N–H and O–H groups in total. The van der Waals surface area contributed by atoms with Gasteiger partial charge in [0.15, 0.2) is 0 Å². The minimum Gasteiger partial charge on any atom is -0.394 e. The average Bonchev–Trinajstić information content (AvgIpc) is 3.40. The van der Waals surface area contributed by atoms with Gasteiger partial charge in [0.25, 0.3) is 0 Å². The van der Waals surface area contributed by atoms with E-state index in [1.54, 1.807) is 30.5 Å². The molecule has 2 aliphatic heterocycles. The SMILES string of the molecule is N=CC1CC2(COCCO)CN(S(=O)c3ccc(N4CCC(F)C4)nc3)CCC2=CC1=Nc1ccc(F)cc1. The van der Waals surface area contributed by atoms with Crippen molar-refractivity contribution in [3.8, 4) is 0 Å². The number of ether oxygens (including phenoxy) is 1. The summed E-state index contributed by atoms with van der Waals surface area (Å²) in [5.41, 5.74) is 1.95. The van der Waals surface area contributed by atoms with E-state index in [2.05, 4.69) is 4.98 Å². The summed E-state index contributed by atoms with van der Waals surface area (Å²) in [7, 11) is -1.47. The van der Waals surface area contributed by atoms with Crippen LogP contribution < -0.4 is 4.90 Å². The van der Waals surface area contributed by atoms with Gasteiger partial charge >= 0.3 is 0 Å². The summed E-state index contributed by atoms with van der Waals surface area (Å²) in [5.74, 6) is 0.0487. The molecule has 1 aromatic carbocycles. The average molecular weight is 558 g/mol. The first-order chi connectivity index (χ1) is 18.9. The molecule has 11 heteroatoms. The van der Waals surface area contributed by atoms with Gasteiger partial charge in [0.1, 0.15) is 28.8 Å². The Bertz CT molecular complexity index is 1260. The van der Waals surface area contributed by atoms with E-state index >= 15 is 0 Å². The number of alkyl halides is 1. The Morgan fingerprint density at radius 1 is 1.26 bits per heavy atom. The minimum atomic E-state index is -1.47. The normalized spacial score (nSPS) is 27.3. The van der Waals surface area contributed by atoms with Crippen LogP contribution >= 0.6 is 0 Å². The summed E-state index contributed by atoms with van der Waals surface area (Å²) in [6.45, 7) is 2.35. The van der Waals surface area contributed by atoms with Gasteiger partial charge in [0.2, 0.25) is 0 Å². The molecular weight excluding hydrogens is 524 g/mol. The topological polar surface area (TPSA) is 102 Å². The van der Waals surface area contributed by atoms with E-state index in [-0.39, 0.29) is 24.9 Å². The van der Waals surface area contributed by atoms with Crippen molar-refractivity contribution in [3.05, 3.63) is 60.1 Å². The van der Waals surface area contributed by atoms with Gasteiger partial charge < -0.3 is 20.2 Å². The van der Waals surface area contributed by atoms with Crippen LogP contribution in [0.4, 0.5) is 20.3 Å². The highest BCUT2D eigenvalue weighted by Gasteiger charge is 2.46. The molecule has 208 valence electrons. The first-order valence-electron chi connectivity index (χ1n) is 13.2. The van der Waals surface area contributed by atoms with Crippen molar-refractivity contribution in [2.45, 2.75) is 30.3 Å². The van der Waals surface area contributed by atoms with Crippen molar-refractivity contribution in [3.63, 3.8) is 0 Å². The van der Waals surface area contributed by atoms with Crippen molar-refractivity contribution in [2.24, 2.45) is 16.3 Å². The fraction of sp³-hybridized carbons (Fsp3) is 0.464. The molecule has 2 aromatic rings. The van der Waals surface area contributed by atoms with Crippen LogP contribution in [0.25, 0.3) is 0 Å². The lowest BCUT2D eigenvalue weighted by molar-refractivity contribution is 0.0181. The molecule has 0 spiro atoms. The third kappa shape index (κ3) is 6.16. The highest BCUT2D eigenvalue weighted by atomic mass is 32.2. The van der Waals surface area contributed by atoms with Gasteiger partial charge in [-0.05, 0) is 61.7 Å². The molecule has 0 bridgehead atoms. The summed E-state index contributed by atoms with van der Waals surface area (Å²) in [4.78, 5) is 11.6. The molecule has 2 fully saturated rings. The quantitative estimate of drug-likeness (QED) is 0.360. The number of fused-ring (bicyclic) bond motifs is 1. The number of anilines is 1. The van der Waals surface area contributed by atoms with E-state index in [1.807, 2.05) is 15.3 Å². The maximum atomic E-state index is 13.6. The summed E-state index contributed by atoms with van der Waals surface area (Å²) in [6, 6.07) is 9.53. The number of rotatable bonds is 9. The number of piperidine rings is 1. The van der Waals surface area contributed by atoms with Crippen molar-refractivity contribution >= 4 is 34.4 Å². The fourth-order valence-electron chi connectivity index (χ4n) is 5.59. The van der Waals surface area contributed by atoms with Gasteiger partial charge in [-0.3, -0.25) is 4.99 Å². The van der Waals surface area contributed by atoms with E-state index in [4.69, 9.17) is 15.1 Å². The molecule has 3 aliphatic rings. The number of hydrogen-bond donors (Lipinski definition) is 2. The Morgan fingerprint density at radius 3 is 2.74 bits per heavy atom. The van der Waals surface area contributed by atoms with E-state index in [1.165, 1.54) is 18.3 Å². The van der Waals surface area contributed by atoms with Crippen molar-refractivity contribution in [1.29, 1.82) is 5.41 Å². The standard InChI is InChI=1S/C28H33F2N5O3S/c29-22-1-3-24(4-2-22)33-26-13-21-7-10-35(18-28(21,14-20(26)15-31)19-38-12-11-36)39(37)25-5-6-27(32-16-25)34-9-8-23(30)17-34/h1-6,13,15-16,20,23,31,36H,7-12,14,17-19H2. The number of benzene rings is 1. The maximum absolute atomic E-state index is 13.6. The number of halogens is 2. The van der Waals surface area contributed by atoms with Crippen LogP contribution in [-0.4, -0.2) is 82.7 Å². The molecule has 39 heavy (non-hydrogen) atoms. The minimum absolute atomic E-state index is 0.103. The number of aromatic nitrogens is 1. The predicted molar refractivity (Wildman–Crippen MR) is 147 cm³/mol. The van der Waals surface area contributed by atoms with Gasteiger partial charge in [0, 0.05) is 49.1 Å². The lowest BCUT2D eigenvalue weighted by Crippen LogP contribution is -2.51. The second-order valence-corrected chi connectivity index (χ2v) is 11.7. The first-order valence-corrected chi connectivity index (χ1v) is 14.3. The second-order valence-electron chi connectivity index (χ2n) is 10.3. The van der Waals surface area contributed by atoms with Gasteiger partial charge in [-0.1, -0.05) is 5.57 Å². The molecule has 1 aliphatic carbocycles. The molecule has 4 unspecified atom stereocenters. The van der Waals surface area contributed by atoms with Crippen LogP contribution in [0.2, 0.25) is 0 Å². The molecule has 0 radical (unpaired) electrons. The molecule has 4 atom stereocenters. The Morgan fingerprint density at radius 2 is 2.08 bits per heavy atom. The van der Waals surface area contributed by atoms with E-state index in [0.29, 0.717) is 68.4 Å². The third-order valence-corrected chi connectivity index (χ3v) is 9.04.